The Morgan fingerprint density at radius 2 is 2.44 bits per heavy atom. The molecule has 1 heterocycles. The van der Waals surface area contributed by atoms with Crippen LogP contribution in [0.15, 0.2) is 6.33 Å². The minimum atomic E-state index is 1.19. The predicted molar refractivity (Wildman–Crippen MR) is 35.2 cm³/mol. The van der Waals surface area contributed by atoms with Gasteiger partial charge < -0.3 is 4.57 Å². The highest BCUT2D eigenvalue weighted by Gasteiger charge is 2.13. The molecule has 1 aromatic rings. The zero-order chi connectivity index (χ0) is 6.27. The first-order valence-electron chi connectivity index (χ1n) is 3.37. The third-order valence-electron chi connectivity index (χ3n) is 1.97. The van der Waals surface area contributed by atoms with Gasteiger partial charge in [-0.05, 0) is 19.3 Å². The van der Waals surface area contributed by atoms with E-state index in [2.05, 4.69) is 16.6 Å². The Bertz CT molecular complexity index is 225. The molecule has 0 saturated carbocycles. The van der Waals surface area contributed by atoms with Crippen LogP contribution in [0, 0.1) is 0 Å². The Hall–Kier alpha value is -0.790. The average Bonchev–Trinajstić information content (AvgIpc) is 2.35. The second-order valence-electron chi connectivity index (χ2n) is 2.60. The molecule has 0 aromatic carbocycles. The summed E-state index contributed by atoms with van der Waals surface area (Å²) in [5, 5.41) is 0. The van der Waals surface area contributed by atoms with Crippen LogP contribution in [0.4, 0.5) is 0 Å². The fraction of sp³-hybridized carbons (Fsp3) is 0.571. The smallest absolute Gasteiger partial charge is 0.0949 e. The minimum Gasteiger partial charge on any atom is -0.337 e. The van der Waals surface area contributed by atoms with Crippen LogP contribution in [0.2, 0.25) is 0 Å². The van der Waals surface area contributed by atoms with Crippen LogP contribution in [-0.4, -0.2) is 9.55 Å². The van der Waals surface area contributed by atoms with Gasteiger partial charge in [-0.3, -0.25) is 0 Å². The molecule has 1 aliphatic carbocycles. The molecule has 1 aromatic heterocycles. The molecule has 0 atom stereocenters. The van der Waals surface area contributed by atoms with Crippen molar-refractivity contribution in [1.29, 1.82) is 0 Å². The number of nitrogens with zero attached hydrogens (tertiary/aromatic N) is 2. The van der Waals surface area contributed by atoms with E-state index >= 15 is 0 Å². The molecular weight excluding hydrogens is 112 g/mol. The van der Waals surface area contributed by atoms with Gasteiger partial charge in [-0.15, -0.1) is 0 Å². The molecule has 1 aliphatic rings. The lowest BCUT2D eigenvalue weighted by molar-refractivity contribution is 0.796. The summed E-state index contributed by atoms with van der Waals surface area (Å²) in [6.45, 7) is 0. The van der Waals surface area contributed by atoms with Gasteiger partial charge in [0, 0.05) is 12.7 Å². The largest absolute Gasteiger partial charge is 0.337 e. The van der Waals surface area contributed by atoms with Crippen molar-refractivity contribution in [3.05, 3.63) is 17.7 Å². The molecule has 0 spiro atoms. The Morgan fingerprint density at radius 3 is 3.22 bits per heavy atom. The zero-order valence-corrected chi connectivity index (χ0v) is 5.59. The average molecular weight is 122 g/mol. The van der Waals surface area contributed by atoms with Gasteiger partial charge in [-0.1, -0.05) is 0 Å². The molecule has 0 saturated heterocycles. The topological polar surface area (TPSA) is 17.8 Å². The highest BCUT2D eigenvalue weighted by Crippen LogP contribution is 2.18. The Labute approximate surface area is 54.5 Å². The molecule has 0 N–H and O–H groups in total. The van der Waals surface area contributed by atoms with Crippen LogP contribution in [-0.2, 0) is 19.9 Å². The number of fused-ring (bicyclic) bond motifs is 1. The van der Waals surface area contributed by atoms with E-state index in [1.807, 2.05) is 6.33 Å². The normalized spacial score (nSPS) is 16.1. The van der Waals surface area contributed by atoms with Crippen molar-refractivity contribution in [1.82, 2.24) is 9.55 Å². The van der Waals surface area contributed by atoms with E-state index in [1.165, 1.54) is 30.7 Å². The van der Waals surface area contributed by atoms with Gasteiger partial charge in [0.15, 0.2) is 0 Å². The van der Waals surface area contributed by atoms with Gasteiger partial charge in [-0.25, -0.2) is 4.98 Å². The van der Waals surface area contributed by atoms with Crippen LogP contribution in [0.3, 0.4) is 0 Å². The molecule has 9 heavy (non-hydrogen) atoms. The lowest BCUT2D eigenvalue weighted by Gasteiger charge is -1.92. The van der Waals surface area contributed by atoms with Crippen molar-refractivity contribution in [3.8, 4) is 0 Å². The van der Waals surface area contributed by atoms with E-state index in [0.717, 1.165) is 0 Å². The van der Waals surface area contributed by atoms with Crippen molar-refractivity contribution in [2.75, 3.05) is 0 Å². The highest BCUT2D eigenvalue weighted by molar-refractivity contribution is 5.17. The number of hydrogen-bond donors (Lipinski definition) is 0. The number of rotatable bonds is 0. The fourth-order valence-electron chi connectivity index (χ4n) is 1.46. The summed E-state index contributed by atoms with van der Waals surface area (Å²) in [7, 11) is 2.07. The first-order valence-corrected chi connectivity index (χ1v) is 3.37. The van der Waals surface area contributed by atoms with E-state index in [-0.39, 0.29) is 0 Å². The Kier molecular flexibility index (Phi) is 0.891. The summed E-state index contributed by atoms with van der Waals surface area (Å²) < 4.78 is 2.13. The van der Waals surface area contributed by atoms with Crippen molar-refractivity contribution in [2.45, 2.75) is 19.3 Å². The summed E-state index contributed by atoms with van der Waals surface area (Å²) in [4.78, 5) is 4.26. The predicted octanol–water partition coefficient (Wildman–Crippen LogP) is 0.909. The monoisotopic (exact) mass is 122 g/mol. The molecule has 2 rings (SSSR count). The molecule has 0 bridgehead atoms. The Balaban J connectivity index is 2.56. The quantitative estimate of drug-likeness (QED) is 0.500. The number of hydrogen-bond acceptors (Lipinski definition) is 1. The molecule has 0 fully saturated rings. The maximum Gasteiger partial charge on any atom is 0.0949 e. The maximum atomic E-state index is 4.26. The second-order valence-corrected chi connectivity index (χ2v) is 2.60. The van der Waals surface area contributed by atoms with Gasteiger partial charge in [0.1, 0.15) is 0 Å². The van der Waals surface area contributed by atoms with Crippen molar-refractivity contribution >= 4 is 0 Å². The lowest BCUT2D eigenvalue weighted by atomic mass is 10.4. The van der Waals surface area contributed by atoms with Gasteiger partial charge in [0.25, 0.3) is 0 Å². The maximum absolute atomic E-state index is 4.26. The number of aryl methyl sites for hydroxylation is 2. The van der Waals surface area contributed by atoms with E-state index in [1.54, 1.807) is 0 Å². The summed E-state index contributed by atoms with van der Waals surface area (Å²) in [6, 6.07) is 0. The van der Waals surface area contributed by atoms with Crippen molar-refractivity contribution < 1.29 is 0 Å². The number of imidazole rings is 1. The number of aromatic nitrogens is 2. The van der Waals surface area contributed by atoms with Crippen LogP contribution < -0.4 is 0 Å². The summed E-state index contributed by atoms with van der Waals surface area (Å²) >= 11 is 0. The SMILES string of the molecule is Cn1cnc2c1CCC2. The zero-order valence-electron chi connectivity index (χ0n) is 5.59. The van der Waals surface area contributed by atoms with Crippen molar-refractivity contribution in [2.24, 2.45) is 7.05 Å². The van der Waals surface area contributed by atoms with Gasteiger partial charge >= 0.3 is 0 Å². The molecule has 0 radical (unpaired) electrons. The molecule has 2 heteroatoms. The van der Waals surface area contributed by atoms with Gasteiger partial charge in [0.2, 0.25) is 0 Å². The molecule has 48 valence electrons. The molecule has 0 aliphatic heterocycles. The van der Waals surface area contributed by atoms with Gasteiger partial charge in [-0.2, -0.15) is 0 Å². The van der Waals surface area contributed by atoms with Crippen LogP contribution in [0.1, 0.15) is 17.8 Å². The fourth-order valence-corrected chi connectivity index (χ4v) is 1.46. The Morgan fingerprint density at radius 1 is 1.56 bits per heavy atom. The molecule has 0 unspecified atom stereocenters. The van der Waals surface area contributed by atoms with E-state index in [0.29, 0.717) is 0 Å². The van der Waals surface area contributed by atoms with Crippen LogP contribution >= 0.6 is 0 Å². The second kappa shape index (κ2) is 1.59. The summed E-state index contributed by atoms with van der Waals surface area (Å²) in [5.41, 5.74) is 2.76. The van der Waals surface area contributed by atoms with Crippen LogP contribution in [0.5, 0.6) is 0 Å². The standard InChI is InChI=1S/C7H10N2/c1-9-5-8-6-3-2-4-7(6)9/h5H,2-4H2,1H3. The molecule has 2 nitrogen and oxygen atoms in total. The van der Waals surface area contributed by atoms with E-state index < -0.39 is 0 Å². The highest BCUT2D eigenvalue weighted by atomic mass is 15.0. The first kappa shape index (κ1) is 5.03. The van der Waals surface area contributed by atoms with Crippen molar-refractivity contribution in [3.63, 3.8) is 0 Å². The summed E-state index contributed by atoms with van der Waals surface area (Å²) in [5.74, 6) is 0. The van der Waals surface area contributed by atoms with E-state index in [4.69, 9.17) is 0 Å². The first-order chi connectivity index (χ1) is 4.38. The third-order valence-corrected chi connectivity index (χ3v) is 1.97. The van der Waals surface area contributed by atoms with Crippen LogP contribution in [0.25, 0.3) is 0 Å². The van der Waals surface area contributed by atoms with Gasteiger partial charge in [0.05, 0.1) is 12.0 Å². The van der Waals surface area contributed by atoms with E-state index in [9.17, 15) is 0 Å². The molecular formula is C7H10N2. The lowest BCUT2D eigenvalue weighted by Crippen LogP contribution is -1.90. The minimum absolute atomic E-state index is 1.19. The molecule has 0 amide bonds. The summed E-state index contributed by atoms with van der Waals surface area (Å²) in [6.07, 6.45) is 5.62. The third kappa shape index (κ3) is 0.590.